The summed E-state index contributed by atoms with van der Waals surface area (Å²) in [6.45, 7) is 4.81. The van der Waals surface area contributed by atoms with E-state index in [1.807, 2.05) is 32.0 Å². The molecule has 14 heteroatoms. The van der Waals surface area contributed by atoms with Gasteiger partial charge in [-0.3, -0.25) is 9.59 Å². The highest BCUT2D eigenvalue weighted by Gasteiger charge is 2.38. The van der Waals surface area contributed by atoms with Crippen LogP contribution in [0, 0.1) is 41.4 Å². The molecule has 4 amide bonds. The van der Waals surface area contributed by atoms with Crippen LogP contribution in [0.15, 0.2) is 42.7 Å². The molecule has 2 aliphatic heterocycles. The number of nitrogens with zero attached hydrogens (tertiary/aromatic N) is 4. The van der Waals surface area contributed by atoms with Gasteiger partial charge in [0, 0.05) is 13.1 Å². The molecule has 51 heavy (non-hydrogen) atoms. The number of ether oxygens (including phenoxy) is 2. The predicted molar refractivity (Wildman–Crippen MR) is 185 cm³/mol. The van der Waals surface area contributed by atoms with Crippen molar-refractivity contribution in [3.63, 3.8) is 0 Å². The molecule has 0 radical (unpaired) electrons. The number of likely N-dealkylation sites (tertiary alicyclic amines) is 2. The molecule has 4 atom stereocenters. The van der Waals surface area contributed by atoms with Crippen LogP contribution in [0.2, 0.25) is 0 Å². The second kappa shape index (κ2) is 17.0. The Kier molecular flexibility index (Phi) is 12.0. The van der Waals surface area contributed by atoms with Crippen LogP contribution in [0.4, 0.5) is 9.59 Å². The fourth-order valence-corrected chi connectivity index (χ4v) is 6.18. The number of benzene rings is 1. The average Bonchev–Trinajstić information content (AvgIpc) is 3.97. The van der Waals surface area contributed by atoms with Gasteiger partial charge >= 0.3 is 12.2 Å². The van der Waals surface area contributed by atoms with Gasteiger partial charge in [-0.25, -0.2) is 19.6 Å². The van der Waals surface area contributed by atoms with Crippen LogP contribution in [0.3, 0.4) is 0 Å². The van der Waals surface area contributed by atoms with Crippen molar-refractivity contribution in [3.05, 3.63) is 71.3 Å². The minimum atomic E-state index is -0.904. The summed E-state index contributed by atoms with van der Waals surface area (Å²) < 4.78 is 9.47. The zero-order valence-electron chi connectivity index (χ0n) is 28.9. The van der Waals surface area contributed by atoms with Gasteiger partial charge in [0.2, 0.25) is 5.91 Å². The number of hydrogen-bond donors (Lipinski definition) is 4. The van der Waals surface area contributed by atoms with Crippen molar-refractivity contribution in [2.75, 3.05) is 27.3 Å². The van der Waals surface area contributed by atoms with Crippen molar-refractivity contribution in [3.8, 4) is 35.5 Å². The average molecular weight is 693 g/mol. The van der Waals surface area contributed by atoms with E-state index in [9.17, 15) is 19.2 Å². The summed E-state index contributed by atoms with van der Waals surface area (Å²) in [4.78, 5) is 69.7. The van der Waals surface area contributed by atoms with Gasteiger partial charge in [-0.1, -0.05) is 44.2 Å². The van der Waals surface area contributed by atoms with Gasteiger partial charge in [0.25, 0.3) is 5.91 Å². The van der Waals surface area contributed by atoms with Crippen molar-refractivity contribution in [1.82, 2.24) is 40.4 Å². The Bertz CT molecular complexity index is 1920. The largest absolute Gasteiger partial charge is 0.453 e. The Balaban J connectivity index is 1.20. The Morgan fingerprint density at radius 2 is 1.27 bits per heavy atom. The number of carbonyl (C=O) groups excluding carboxylic acids is 4. The van der Waals surface area contributed by atoms with Gasteiger partial charge in [-0.05, 0) is 72.7 Å². The zero-order chi connectivity index (χ0) is 36.3. The quantitative estimate of drug-likeness (QED) is 0.260. The number of methoxy groups -OCH3 is 2. The van der Waals surface area contributed by atoms with Crippen molar-refractivity contribution >= 4 is 24.0 Å². The van der Waals surface area contributed by atoms with Crippen molar-refractivity contribution in [1.29, 1.82) is 0 Å². The van der Waals surface area contributed by atoms with Crippen LogP contribution in [0.25, 0.3) is 0 Å². The lowest BCUT2D eigenvalue weighted by atomic mass is 10.0. The van der Waals surface area contributed by atoms with Gasteiger partial charge in [0.1, 0.15) is 35.1 Å². The van der Waals surface area contributed by atoms with Crippen LogP contribution < -0.4 is 10.6 Å². The van der Waals surface area contributed by atoms with Crippen molar-refractivity contribution < 1.29 is 28.7 Å². The molecule has 1 aromatic carbocycles. The number of alkyl carbamates (subject to hydrolysis) is 2. The minimum Gasteiger partial charge on any atom is -0.453 e. The molecule has 4 heterocycles. The molecule has 14 nitrogen and oxygen atoms in total. The third-order valence-corrected chi connectivity index (χ3v) is 8.69. The Morgan fingerprint density at radius 1 is 0.765 bits per heavy atom. The van der Waals surface area contributed by atoms with Crippen LogP contribution >= 0.6 is 0 Å². The van der Waals surface area contributed by atoms with Crippen molar-refractivity contribution in [2.24, 2.45) is 5.92 Å². The van der Waals surface area contributed by atoms with Crippen LogP contribution in [-0.2, 0) is 19.1 Å². The third-order valence-electron chi connectivity index (χ3n) is 8.69. The Labute approximate surface area is 296 Å². The van der Waals surface area contributed by atoms with E-state index < -0.39 is 24.3 Å². The van der Waals surface area contributed by atoms with E-state index in [0.29, 0.717) is 48.1 Å². The summed E-state index contributed by atoms with van der Waals surface area (Å²) in [5.74, 6) is 17.4. The molecule has 0 saturated carbocycles. The van der Waals surface area contributed by atoms with E-state index in [1.54, 1.807) is 34.3 Å². The fraction of sp³-hybridized carbons (Fsp3) is 0.405. The molecule has 2 saturated heterocycles. The van der Waals surface area contributed by atoms with Gasteiger partial charge in [-0.2, -0.15) is 0 Å². The SMILES string of the molecule is COC(=O)N[C@H](C(=O)N1CCC[C@H]1c1ncc(C#CC#CC#Cc2cnc([C@@H]3CCCN3C(=O)[C@H](NC(=O)OC)c3ccccc3)[nH]2)[nH]1)C(C)C. The number of aromatic nitrogens is 4. The van der Waals surface area contributed by atoms with Gasteiger partial charge in [-0.15, -0.1) is 0 Å². The smallest absolute Gasteiger partial charge is 0.407 e. The van der Waals surface area contributed by atoms with Crippen LogP contribution in [0.5, 0.6) is 0 Å². The van der Waals surface area contributed by atoms with Gasteiger partial charge < -0.3 is 39.9 Å². The minimum absolute atomic E-state index is 0.127. The highest BCUT2D eigenvalue weighted by Crippen LogP contribution is 2.33. The van der Waals surface area contributed by atoms with Gasteiger partial charge in [0.05, 0.1) is 38.7 Å². The third kappa shape index (κ3) is 8.89. The normalized spacial score (nSPS) is 17.5. The Hall–Kier alpha value is -6.20. The second-order valence-electron chi connectivity index (χ2n) is 12.3. The molecule has 2 fully saturated rings. The first kappa shape index (κ1) is 36.1. The first-order chi connectivity index (χ1) is 24.7. The summed E-state index contributed by atoms with van der Waals surface area (Å²) in [6, 6.07) is 6.84. The summed E-state index contributed by atoms with van der Waals surface area (Å²) in [5.41, 5.74) is 1.73. The predicted octanol–water partition coefficient (Wildman–Crippen LogP) is 3.34. The molecule has 5 rings (SSSR count). The van der Waals surface area contributed by atoms with E-state index in [1.165, 1.54) is 14.2 Å². The molecule has 264 valence electrons. The molecule has 2 aliphatic rings. The zero-order valence-corrected chi connectivity index (χ0v) is 28.9. The molecule has 0 unspecified atom stereocenters. The number of hydrogen-bond acceptors (Lipinski definition) is 8. The van der Waals surface area contributed by atoms with Crippen LogP contribution in [-0.4, -0.2) is 87.1 Å². The molecule has 4 N–H and O–H groups in total. The maximum Gasteiger partial charge on any atom is 0.407 e. The summed E-state index contributed by atoms with van der Waals surface area (Å²) >= 11 is 0. The highest BCUT2D eigenvalue weighted by molar-refractivity contribution is 5.87. The van der Waals surface area contributed by atoms with Crippen molar-refractivity contribution in [2.45, 2.75) is 63.7 Å². The van der Waals surface area contributed by atoms with E-state index in [4.69, 9.17) is 9.47 Å². The molecule has 2 aromatic heterocycles. The summed E-state index contributed by atoms with van der Waals surface area (Å²) in [6.07, 6.45) is 4.87. The lowest BCUT2D eigenvalue weighted by Gasteiger charge is -2.29. The number of amides is 4. The first-order valence-electron chi connectivity index (χ1n) is 16.7. The highest BCUT2D eigenvalue weighted by atomic mass is 16.5. The lowest BCUT2D eigenvalue weighted by Crippen LogP contribution is -2.51. The van der Waals surface area contributed by atoms with Gasteiger partial charge in [0.15, 0.2) is 0 Å². The van der Waals surface area contributed by atoms with E-state index in [0.717, 1.165) is 19.3 Å². The molecule has 0 spiro atoms. The Morgan fingerprint density at radius 3 is 1.78 bits per heavy atom. The van der Waals surface area contributed by atoms with E-state index in [2.05, 4.69) is 66.1 Å². The molecular formula is C37H40N8O6. The standard InChI is InChI=1S/C37H40N8O6/c1-24(2)30(42-36(48)50-3)34(46)44-20-12-18-28(44)32-38-22-26(40-32)16-10-5-6-11-17-27-23-39-33(41-27)29-19-13-21-45(29)35(47)31(43-37(49)51-4)25-14-8-7-9-15-25/h7-9,14-15,22-24,28-31H,12-13,18-21H2,1-4H3,(H,38,40)(H,39,41)(H,42,48)(H,43,49)/t28-,29-,30-,31+/m0/s1. The topological polar surface area (TPSA) is 175 Å². The maximum absolute atomic E-state index is 13.7. The molecule has 0 aliphatic carbocycles. The molecule has 3 aromatic rings. The molecular weight excluding hydrogens is 652 g/mol. The number of H-pyrrole nitrogens is 2. The second-order valence-corrected chi connectivity index (χ2v) is 12.3. The summed E-state index contributed by atoms with van der Waals surface area (Å²) in [7, 11) is 2.52. The number of imidazole rings is 2. The lowest BCUT2D eigenvalue weighted by molar-refractivity contribution is -0.135. The first-order valence-corrected chi connectivity index (χ1v) is 16.7. The summed E-state index contributed by atoms with van der Waals surface area (Å²) in [5, 5.41) is 5.30. The fourth-order valence-electron chi connectivity index (χ4n) is 6.18. The number of aromatic amines is 2. The maximum atomic E-state index is 13.7. The molecule has 0 bridgehead atoms. The van der Waals surface area contributed by atoms with E-state index >= 15 is 0 Å². The number of rotatable bonds is 8. The van der Waals surface area contributed by atoms with E-state index in [-0.39, 0.29) is 29.8 Å². The monoisotopic (exact) mass is 692 g/mol. The number of carbonyl (C=O) groups is 4. The number of nitrogens with one attached hydrogen (secondary N) is 4. The van der Waals surface area contributed by atoms with Crippen LogP contribution in [0.1, 0.15) is 86.3 Å².